The molecular weight excluding hydrogens is 231 g/mol. The maximum absolute atomic E-state index is 13.4. The van der Waals surface area contributed by atoms with E-state index in [1.807, 2.05) is 0 Å². The maximum atomic E-state index is 13.4. The smallest absolute Gasteiger partial charge is 0.146 e. The van der Waals surface area contributed by atoms with Crippen molar-refractivity contribution in [1.82, 2.24) is 9.97 Å². The summed E-state index contributed by atoms with van der Waals surface area (Å²) >= 11 is 5.75. The first-order chi connectivity index (χ1) is 7.65. The van der Waals surface area contributed by atoms with E-state index in [0.29, 0.717) is 16.7 Å². The van der Waals surface area contributed by atoms with Gasteiger partial charge in [0.15, 0.2) is 0 Å². The van der Waals surface area contributed by atoms with E-state index in [9.17, 15) is 4.39 Å². The van der Waals surface area contributed by atoms with Crippen LogP contribution in [0.2, 0.25) is 5.02 Å². The molecule has 0 radical (unpaired) electrons. The number of nitrogen functional groups attached to an aromatic ring is 1. The van der Waals surface area contributed by atoms with Gasteiger partial charge in [-0.05, 0) is 18.2 Å². The van der Waals surface area contributed by atoms with Crippen molar-refractivity contribution < 1.29 is 4.39 Å². The Balaban J connectivity index is 2.30. The molecule has 0 saturated carbocycles. The minimum absolute atomic E-state index is 0.241. The Labute approximate surface area is 96.3 Å². The lowest BCUT2D eigenvalue weighted by molar-refractivity contribution is 0.632. The van der Waals surface area contributed by atoms with Crippen LogP contribution < -0.4 is 11.1 Å². The first-order valence-electron chi connectivity index (χ1n) is 4.45. The molecule has 0 aliphatic heterocycles. The Morgan fingerprint density at radius 2 is 2.06 bits per heavy atom. The average Bonchev–Trinajstić information content (AvgIpc) is 2.24. The molecule has 1 heterocycles. The van der Waals surface area contributed by atoms with Crippen molar-refractivity contribution in [2.75, 3.05) is 11.1 Å². The third-order valence-electron chi connectivity index (χ3n) is 1.88. The molecule has 16 heavy (non-hydrogen) atoms. The van der Waals surface area contributed by atoms with E-state index in [1.165, 1.54) is 30.6 Å². The third-order valence-corrected chi connectivity index (χ3v) is 2.11. The number of rotatable bonds is 2. The molecule has 82 valence electrons. The van der Waals surface area contributed by atoms with Crippen molar-refractivity contribution in [3.8, 4) is 0 Å². The van der Waals surface area contributed by atoms with Crippen LogP contribution in [0.1, 0.15) is 0 Å². The van der Waals surface area contributed by atoms with Crippen LogP contribution in [0.5, 0.6) is 0 Å². The fourth-order valence-corrected chi connectivity index (χ4v) is 1.34. The predicted octanol–water partition coefficient (Wildman–Crippen LogP) is 2.59. The van der Waals surface area contributed by atoms with Gasteiger partial charge >= 0.3 is 0 Å². The number of aromatic nitrogens is 2. The predicted molar refractivity (Wildman–Crippen MR) is 61.1 cm³/mol. The highest BCUT2D eigenvalue weighted by Gasteiger charge is 2.04. The molecule has 0 spiro atoms. The molecular formula is C10H8ClFN4. The highest BCUT2D eigenvalue weighted by atomic mass is 35.5. The van der Waals surface area contributed by atoms with Crippen LogP contribution in [0.15, 0.2) is 30.6 Å². The summed E-state index contributed by atoms with van der Waals surface area (Å²) in [6.45, 7) is 0. The molecule has 0 aliphatic rings. The lowest BCUT2D eigenvalue weighted by Gasteiger charge is -2.06. The number of nitrogens with one attached hydrogen (secondary N) is 1. The van der Waals surface area contributed by atoms with Crippen LogP contribution in [0, 0.1) is 5.82 Å². The molecule has 1 aromatic heterocycles. The van der Waals surface area contributed by atoms with Gasteiger partial charge in [-0.25, -0.2) is 14.4 Å². The van der Waals surface area contributed by atoms with E-state index < -0.39 is 5.82 Å². The normalized spacial score (nSPS) is 10.1. The monoisotopic (exact) mass is 238 g/mol. The van der Waals surface area contributed by atoms with Crippen LogP contribution in [-0.4, -0.2) is 9.97 Å². The summed E-state index contributed by atoms with van der Waals surface area (Å²) in [6, 6.07) is 5.71. The van der Waals surface area contributed by atoms with Crippen LogP contribution in [0.25, 0.3) is 0 Å². The van der Waals surface area contributed by atoms with Crippen LogP contribution in [0.3, 0.4) is 0 Å². The van der Waals surface area contributed by atoms with Crippen molar-refractivity contribution in [2.24, 2.45) is 0 Å². The van der Waals surface area contributed by atoms with Gasteiger partial charge in [-0.2, -0.15) is 0 Å². The zero-order chi connectivity index (χ0) is 11.5. The Hall–Kier alpha value is -1.88. The van der Waals surface area contributed by atoms with Crippen molar-refractivity contribution in [2.45, 2.75) is 0 Å². The maximum Gasteiger partial charge on any atom is 0.146 e. The molecule has 2 rings (SSSR count). The first kappa shape index (κ1) is 10.6. The van der Waals surface area contributed by atoms with Crippen molar-refractivity contribution >= 4 is 28.9 Å². The van der Waals surface area contributed by atoms with E-state index in [4.69, 9.17) is 17.3 Å². The highest BCUT2D eigenvalue weighted by Crippen LogP contribution is 2.22. The van der Waals surface area contributed by atoms with E-state index >= 15 is 0 Å². The van der Waals surface area contributed by atoms with E-state index in [2.05, 4.69) is 15.3 Å². The molecule has 0 atom stereocenters. The SMILES string of the molecule is Nc1cc(Nc2cc(Cl)ccc2F)ncn1. The van der Waals surface area contributed by atoms with Crippen molar-refractivity contribution in [1.29, 1.82) is 0 Å². The van der Waals surface area contributed by atoms with Crippen LogP contribution >= 0.6 is 11.6 Å². The number of hydrogen-bond donors (Lipinski definition) is 2. The van der Waals surface area contributed by atoms with Gasteiger partial charge in [0.2, 0.25) is 0 Å². The molecule has 3 N–H and O–H groups in total. The Morgan fingerprint density at radius 1 is 1.25 bits per heavy atom. The van der Waals surface area contributed by atoms with Crippen molar-refractivity contribution in [3.63, 3.8) is 0 Å². The lowest BCUT2D eigenvalue weighted by Crippen LogP contribution is -1.98. The quantitative estimate of drug-likeness (QED) is 0.844. The third kappa shape index (κ3) is 2.38. The molecule has 6 heteroatoms. The summed E-state index contributed by atoms with van der Waals surface area (Å²) < 4.78 is 13.4. The Bertz CT molecular complexity index is 518. The zero-order valence-electron chi connectivity index (χ0n) is 8.11. The largest absolute Gasteiger partial charge is 0.384 e. The van der Waals surface area contributed by atoms with Crippen LogP contribution in [-0.2, 0) is 0 Å². The van der Waals surface area contributed by atoms with Crippen LogP contribution in [0.4, 0.5) is 21.7 Å². The van der Waals surface area contributed by atoms with E-state index in [1.54, 1.807) is 0 Å². The minimum Gasteiger partial charge on any atom is -0.384 e. The van der Waals surface area contributed by atoms with Gasteiger partial charge in [0.25, 0.3) is 0 Å². The second kappa shape index (κ2) is 4.32. The molecule has 0 bridgehead atoms. The van der Waals surface area contributed by atoms with Gasteiger partial charge in [0.05, 0.1) is 5.69 Å². The van der Waals surface area contributed by atoms with Gasteiger partial charge in [-0.15, -0.1) is 0 Å². The van der Waals surface area contributed by atoms with Gasteiger partial charge < -0.3 is 11.1 Å². The molecule has 4 nitrogen and oxygen atoms in total. The summed E-state index contributed by atoms with van der Waals surface area (Å²) in [4.78, 5) is 7.62. The highest BCUT2D eigenvalue weighted by molar-refractivity contribution is 6.30. The number of benzene rings is 1. The van der Waals surface area contributed by atoms with E-state index in [-0.39, 0.29) is 5.69 Å². The molecule has 0 amide bonds. The number of nitrogens with two attached hydrogens (primary N) is 1. The minimum atomic E-state index is -0.415. The average molecular weight is 239 g/mol. The molecule has 0 unspecified atom stereocenters. The fourth-order valence-electron chi connectivity index (χ4n) is 1.17. The van der Waals surface area contributed by atoms with Gasteiger partial charge in [-0.1, -0.05) is 11.6 Å². The second-order valence-electron chi connectivity index (χ2n) is 3.08. The molecule has 2 aromatic rings. The molecule has 0 saturated heterocycles. The number of nitrogens with zero attached hydrogens (tertiary/aromatic N) is 2. The lowest BCUT2D eigenvalue weighted by atomic mass is 10.3. The zero-order valence-corrected chi connectivity index (χ0v) is 8.87. The number of hydrogen-bond acceptors (Lipinski definition) is 4. The molecule has 0 aliphatic carbocycles. The van der Waals surface area contributed by atoms with Gasteiger partial charge in [-0.3, -0.25) is 0 Å². The first-order valence-corrected chi connectivity index (χ1v) is 4.82. The van der Waals surface area contributed by atoms with Gasteiger partial charge in [0.1, 0.15) is 23.8 Å². The number of anilines is 3. The summed E-state index contributed by atoms with van der Waals surface area (Å²) in [5, 5.41) is 3.20. The Morgan fingerprint density at radius 3 is 2.81 bits per heavy atom. The summed E-state index contributed by atoms with van der Waals surface area (Å²) in [7, 11) is 0. The second-order valence-corrected chi connectivity index (χ2v) is 3.51. The standard InChI is InChI=1S/C10H8ClFN4/c11-6-1-2-7(12)8(3-6)16-10-4-9(13)14-5-15-10/h1-5H,(H3,13,14,15,16). The van der Waals surface area contributed by atoms with Crippen molar-refractivity contribution in [3.05, 3.63) is 41.4 Å². The fraction of sp³-hybridized carbons (Fsp3) is 0. The summed E-state index contributed by atoms with van der Waals surface area (Å²) in [5.74, 6) is 0.301. The van der Waals surface area contributed by atoms with Gasteiger partial charge in [0, 0.05) is 11.1 Å². The summed E-state index contributed by atoms with van der Waals surface area (Å²) in [6.07, 6.45) is 1.29. The Kier molecular flexibility index (Phi) is 2.87. The van der Waals surface area contributed by atoms with E-state index in [0.717, 1.165) is 0 Å². The summed E-state index contributed by atoms with van der Waals surface area (Å²) in [5.41, 5.74) is 5.71. The topological polar surface area (TPSA) is 63.8 Å². The molecule has 0 fully saturated rings. The number of halogens is 2. The molecule has 1 aromatic carbocycles.